The van der Waals surface area contributed by atoms with E-state index in [1.54, 1.807) is 6.07 Å². The number of hydrogen-bond donors (Lipinski definition) is 1. The predicted molar refractivity (Wildman–Crippen MR) is 86.0 cm³/mol. The highest BCUT2D eigenvalue weighted by Gasteiger charge is 2.26. The van der Waals surface area contributed by atoms with Crippen LogP contribution in [0.1, 0.15) is 12.5 Å². The zero-order valence-electron chi connectivity index (χ0n) is 10.8. The third-order valence-electron chi connectivity index (χ3n) is 2.70. The van der Waals surface area contributed by atoms with E-state index in [-0.39, 0.29) is 5.75 Å². The fourth-order valence-electron chi connectivity index (χ4n) is 1.47. The third-order valence-corrected chi connectivity index (χ3v) is 5.37. The Hall–Kier alpha value is -0.890. The number of anilines is 1. The molecular weight excluding hydrogens is 377 g/mol. The molecule has 1 N–H and O–H groups in total. The van der Waals surface area contributed by atoms with Crippen LogP contribution >= 0.6 is 22.6 Å². The topological polar surface area (TPSA) is 63.2 Å². The van der Waals surface area contributed by atoms with Crippen LogP contribution in [0.4, 0.5) is 5.69 Å². The third kappa shape index (κ3) is 4.31. The zero-order chi connectivity index (χ0) is 14.6. The number of carbonyl (C=O) groups is 1. The van der Waals surface area contributed by atoms with Gasteiger partial charge in [-0.25, -0.2) is 8.42 Å². The highest BCUT2D eigenvalue weighted by molar-refractivity contribution is 14.1. The van der Waals surface area contributed by atoms with E-state index >= 15 is 0 Å². The molecule has 0 saturated heterocycles. The maximum absolute atomic E-state index is 11.9. The van der Waals surface area contributed by atoms with Crippen LogP contribution in [-0.4, -0.2) is 25.3 Å². The minimum Gasteiger partial charge on any atom is -0.325 e. The molecule has 1 aromatic rings. The van der Waals surface area contributed by atoms with Crippen LogP contribution < -0.4 is 5.32 Å². The molecule has 0 saturated carbocycles. The van der Waals surface area contributed by atoms with E-state index < -0.39 is 21.0 Å². The Morgan fingerprint density at radius 3 is 2.68 bits per heavy atom. The molecule has 0 radical (unpaired) electrons. The van der Waals surface area contributed by atoms with Gasteiger partial charge in [-0.05, 0) is 60.2 Å². The van der Waals surface area contributed by atoms with E-state index in [4.69, 9.17) is 0 Å². The van der Waals surface area contributed by atoms with Crippen molar-refractivity contribution in [2.75, 3.05) is 11.1 Å². The number of hydrogen-bond acceptors (Lipinski definition) is 3. The molecule has 4 nitrogen and oxygen atoms in total. The van der Waals surface area contributed by atoms with Gasteiger partial charge in [-0.15, -0.1) is 6.58 Å². The molecule has 0 heterocycles. The number of nitrogens with one attached hydrogen (secondary N) is 1. The molecule has 0 aromatic heterocycles. The smallest absolute Gasteiger partial charge is 0.242 e. The normalized spacial score (nSPS) is 12.8. The summed E-state index contributed by atoms with van der Waals surface area (Å²) in [4.78, 5) is 11.9. The number of halogens is 1. The van der Waals surface area contributed by atoms with Crippen molar-refractivity contribution in [2.24, 2.45) is 0 Å². The quantitative estimate of drug-likeness (QED) is 0.618. The average molecular weight is 393 g/mol. The molecule has 1 amide bonds. The van der Waals surface area contributed by atoms with E-state index in [0.29, 0.717) is 5.69 Å². The van der Waals surface area contributed by atoms with Crippen molar-refractivity contribution in [3.8, 4) is 0 Å². The van der Waals surface area contributed by atoms with Crippen molar-refractivity contribution in [3.63, 3.8) is 0 Å². The molecule has 104 valence electrons. The first kappa shape index (κ1) is 16.2. The van der Waals surface area contributed by atoms with Crippen molar-refractivity contribution in [3.05, 3.63) is 40.0 Å². The van der Waals surface area contributed by atoms with Gasteiger partial charge in [0.2, 0.25) is 5.91 Å². The van der Waals surface area contributed by atoms with Crippen molar-refractivity contribution in [1.82, 2.24) is 0 Å². The summed E-state index contributed by atoms with van der Waals surface area (Å²) < 4.78 is 24.6. The molecular formula is C13H16INO3S. The van der Waals surface area contributed by atoms with E-state index in [2.05, 4.69) is 34.5 Å². The van der Waals surface area contributed by atoms with Gasteiger partial charge in [0.1, 0.15) is 5.25 Å². The van der Waals surface area contributed by atoms with Gasteiger partial charge in [0.05, 0.1) is 5.75 Å². The van der Waals surface area contributed by atoms with Gasteiger partial charge in [0.15, 0.2) is 9.84 Å². The lowest BCUT2D eigenvalue weighted by molar-refractivity contribution is -0.115. The van der Waals surface area contributed by atoms with Crippen LogP contribution in [0.5, 0.6) is 0 Å². The first-order valence-electron chi connectivity index (χ1n) is 5.67. The minimum atomic E-state index is -3.48. The molecule has 1 atom stereocenters. The molecule has 1 aromatic carbocycles. The first-order chi connectivity index (χ1) is 8.77. The summed E-state index contributed by atoms with van der Waals surface area (Å²) >= 11 is 2.17. The zero-order valence-corrected chi connectivity index (χ0v) is 13.8. The number of amides is 1. The SMILES string of the molecule is C=CCS(=O)(=O)C(C)C(=O)Nc1ccc(I)cc1C. The molecule has 0 spiro atoms. The highest BCUT2D eigenvalue weighted by atomic mass is 127. The van der Waals surface area contributed by atoms with Crippen LogP contribution in [0.3, 0.4) is 0 Å². The van der Waals surface area contributed by atoms with E-state index in [9.17, 15) is 13.2 Å². The summed E-state index contributed by atoms with van der Waals surface area (Å²) in [5.41, 5.74) is 1.53. The van der Waals surface area contributed by atoms with Crippen LogP contribution in [-0.2, 0) is 14.6 Å². The van der Waals surface area contributed by atoms with Gasteiger partial charge in [-0.2, -0.15) is 0 Å². The van der Waals surface area contributed by atoms with E-state index in [1.807, 2.05) is 19.1 Å². The monoisotopic (exact) mass is 393 g/mol. The fourth-order valence-corrected chi connectivity index (χ4v) is 3.12. The molecule has 19 heavy (non-hydrogen) atoms. The van der Waals surface area contributed by atoms with Crippen LogP contribution in [0.15, 0.2) is 30.9 Å². The van der Waals surface area contributed by atoms with Crippen LogP contribution in [0, 0.1) is 10.5 Å². The van der Waals surface area contributed by atoms with E-state index in [1.165, 1.54) is 13.0 Å². The number of aryl methyl sites for hydroxylation is 1. The van der Waals surface area contributed by atoms with Gasteiger partial charge in [-0.3, -0.25) is 4.79 Å². The number of sulfone groups is 1. The lowest BCUT2D eigenvalue weighted by Gasteiger charge is -2.13. The standard InChI is InChI=1S/C13H16INO3S/c1-4-7-19(17,18)10(3)13(16)15-12-6-5-11(14)8-9(12)2/h4-6,8,10H,1,7H2,2-3H3,(H,15,16). The Morgan fingerprint density at radius 1 is 1.53 bits per heavy atom. The van der Waals surface area contributed by atoms with E-state index in [0.717, 1.165) is 9.13 Å². The molecule has 0 aliphatic carbocycles. The Balaban J connectivity index is 2.88. The van der Waals surface area contributed by atoms with Crippen LogP contribution in [0.25, 0.3) is 0 Å². The summed E-state index contributed by atoms with van der Waals surface area (Å²) in [6, 6.07) is 5.53. The van der Waals surface area contributed by atoms with Gasteiger partial charge in [0, 0.05) is 9.26 Å². The maximum atomic E-state index is 11.9. The van der Waals surface area contributed by atoms with Crippen molar-refractivity contribution in [2.45, 2.75) is 19.1 Å². The van der Waals surface area contributed by atoms with Crippen molar-refractivity contribution in [1.29, 1.82) is 0 Å². The van der Waals surface area contributed by atoms with Gasteiger partial charge in [0.25, 0.3) is 0 Å². The van der Waals surface area contributed by atoms with Gasteiger partial charge < -0.3 is 5.32 Å². The summed E-state index contributed by atoms with van der Waals surface area (Å²) in [5, 5.41) is 1.55. The second-order valence-corrected chi connectivity index (χ2v) is 7.82. The Kier molecular flexibility index (Phi) is 5.54. The number of carbonyl (C=O) groups excluding carboxylic acids is 1. The van der Waals surface area contributed by atoms with Gasteiger partial charge in [-0.1, -0.05) is 6.08 Å². The molecule has 1 unspecified atom stereocenters. The summed E-state index contributed by atoms with van der Waals surface area (Å²) in [7, 11) is -3.48. The summed E-state index contributed by atoms with van der Waals surface area (Å²) in [5.74, 6) is -0.723. The maximum Gasteiger partial charge on any atom is 0.242 e. The fraction of sp³-hybridized carbons (Fsp3) is 0.308. The Labute approximate surface area is 127 Å². The lowest BCUT2D eigenvalue weighted by Crippen LogP contribution is -2.33. The summed E-state index contributed by atoms with van der Waals surface area (Å²) in [6.07, 6.45) is 1.29. The average Bonchev–Trinajstić information content (AvgIpc) is 2.31. The molecule has 0 bridgehead atoms. The predicted octanol–water partition coefficient (Wildman–Crippen LogP) is 2.53. The lowest BCUT2D eigenvalue weighted by atomic mass is 10.2. The minimum absolute atomic E-state index is 0.201. The van der Waals surface area contributed by atoms with Crippen LogP contribution in [0.2, 0.25) is 0 Å². The molecule has 0 aliphatic rings. The first-order valence-corrected chi connectivity index (χ1v) is 8.47. The van der Waals surface area contributed by atoms with Crippen molar-refractivity contribution >= 4 is 44.0 Å². The Morgan fingerprint density at radius 2 is 2.16 bits per heavy atom. The Bertz CT molecular complexity index is 596. The molecule has 1 rings (SSSR count). The second-order valence-electron chi connectivity index (χ2n) is 4.21. The number of benzene rings is 1. The largest absolute Gasteiger partial charge is 0.325 e. The van der Waals surface area contributed by atoms with Crippen molar-refractivity contribution < 1.29 is 13.2 Å². The van der Waals surface area contributed by atoms with Gasteiger partial charge >= 0.3 is 0 Å². The summed E-state index contributed by atoms with van der Waals surface area (Å²) in [6.45, 7) is 6.63. The number of rotatable bonds is 5. The highest BCUT2D eigenvalue weighted by Crippen LogP contribution is 2.18. The molecule has 6 heteroatoms. The molecule has 0 aliphatic heterocycles. The molecule has 0 fully saturated rings. The second kappa shape index (κ2) is 6.51.